The molecular weight excluding hydrogens is 304 g/mol. The second kappa shape index (κ2) is 5.27. The van der Waals surface area contributed by atoms with Crippen molar-refractivity contribution in [1.29, 1.82) is 0 Å². The Morgan fingerprint density at radius 2 is 1.72 bits per heavy atom. The average molecular weight is 312 g/mol. The molecule has 0 aliphatic rings. The molecule has 5 heteroatoms. The SMILES string of the molecule is O=C(Nc1ccc(F)cc1)c1ccc(Br)c(F)c1. The smallest absolute Gasteiger partial charge is 0.255 e. The Morgan fingerprint density at radius 1 is 1.06 bits per heavy atom. The third kappa shape index (κ3) is 2.92. The van der Waals surface area contributed by atoms with Crippen LogP contribution in [0.2, 0.25) is 0 Å². The third-order valence-corrected chi connectivity index (χ3v) is 2.93. The number of carbonyl (C=O) groups excluding carboxylic acids is 1. The minimum absolute atomic E-state index is 0.194. The van der Waals surface area contributed by atoms with Crippen molar-refractivity contribution in [3.63, 3.8) is 0 Å². The fourth-order valence-corrected chi connectivity index (χ4v) is 1.62. The van der Waals surface area contributed by atoms with Gasteiger partial charge in [0.2, 0.25) is 0 Å². The van der Waals surface area contributed by atoms with Gasteiger partial charge in [0.05, 0.1) is 4.47 Å². The number of hydrogen-bond acceptors (Lipinski definition) is 1. The number of carbonyl (C=O) groups is 1. The summed E-state index contributed by atoms with van der Waals surface area (Å²) >= 11 is 3.00. The van der Waals surface area contributed by atoms with Crippen LogP contribution in [0.3, 0.4) is 0 Å². The Morgan fingerprint density at radius 3 is 2.33 bits per heavy atom. The van der Waals surface area contributed by atoms with Crippen LogP contribution in [0.1, 0.15) is 10.4 Å². The molecule has 0 radical (unpaired) electrons. The van der Waals surface area contributed by atoms with Crippen LogP contribution in [-0.2, 0) is 0 Å². The zero-order valence-electron chi connectivity index (χ0n) is 9.08. The molecule has 18 heavy (non-hydrogen) atoms. The molecule has 2 rings (SSSR count). The molecule has 1 N–H and O–H groups in total. The molecule has 92 valence electrons. The molecule has 0 spiro atoms. The van der Waals surface area contributed by atoms with Gasteiger partial charge in [0.1, 0.15) is 11.6 Å². The van der Waals surface area contributed by atoms with Crippen LogP contribution >= 0.6 is 15.9 Å². The lowest BCUT2D eigenvalue weighted by Crippen LogP contribution is -2.12. The van der Waals surface area contributed by atoms with E-state index < -0.39 is 11.7 Å². The van der Waals surface area contributed by atoms with Gasteiger partial charge in [-0.3, -0.25) is 4.79 Å². The van der Waals surface area contributed by atoms with E-state index in [2.05, 4.69) is 21.2 Å². The Kier molecular flexibility index (Phi) is 3.72. The zero-order valence-corrected chi connectivity index (χ0v) is 10.7. The van der Waals surface area contributed by atoms with Crippen molar-refractivity contribution >= 4 is 27.5 Å². The minimum atomic E-state index is -0.512. The minimum Gasteiger partial charge on any atom is -0.322 e. The maximum absolute atomic E-state index is 13.3. The van der Waals surface area contributed by atoms with Gasteiger partial charge in [-0.15, -0.1) is 0 Å². The van der Waals surface area contributed by atoms with E-state index in [1.54, 1.807) is 0 Å². The van der Waals surface area contributed by atoms with E-state index in [-0.39, 0.29) is 11.4 Å². The predicted octanol–water partition coefficient (Wildman–Crippen LogP) is 3.98. The van der Waals surface area contributed by atoms with E-state index in [0.717, 1.165) is 6.07 Å². The van der Waals surface area contributed by atoms with Crippen LogP contribution in [-0.4, -0.2) is 5.91 Å². The van der Waals surface area contributed by atoms with Crippen LogP contribution < -0.4 is 5.32 Å². The fraction of sp³-hybridized carbons (Fsp3) is 0. The summed E-state index contributed by atoms with van der Waals surface area (Å²) in [6, 6.07) is 9.41. The van der Waals surface area contributed by atoms with Gasteiger partial charge >= 0.3 is 0 Å². The number of rotatable bonds is 2. The van der Waals surface area contributed by atoms with Crippen molar-refractivity contribution in [3.8, 4) is 0 Å². The van der Waals surface area contributed by atoms with Gasteiger partial charge in [0, 0.05) is 11.3 Å². The van der Waals surface area contributed by atoms with Gasteiger partial charge in [-0.2, -0.15) is 0 Å². The lowest BCUT2D eigenvalue weighted by Gasteiger charge is -2.05. The lowest BCUT2D eigenvalue weighted by molar-refractivity contribution is 0.102. The molecule has 0 aliphatic carbocycles. The largest absolute Gasteiger partial charge is 0.322 e. The molecule has 2 nitrogen and oxygen atoms in total. The first-order valence-corrected chi connectivity index (χ1v) is 5.87. The highest BCUT2D eigenvalue weighted by molar-refractivity contribution is 9.10. The van der Waals surface area contributed by atoms with Gasteiger partial charge in [0.15, 0.2) is 0 Å². The summed E-state index contributed by atoms with van der Waals surface area (Å²) in [4.78, 5) is 11.8. The summed E-state index contributed by atoms with van der Waals surface area (Å²) in [5.41, 5.74) is 0.643. The molecule has 1 amide bonds. The summed E-state index contributed by atoms with van der Waals surface area (Å²) in [7, 11) is 0. The summed E-state index contributed by atoms with van der Waals surface area (Å²) in [6.07, 6.45) is 0. The maximum Gasteiger partial charge on any atom is 0.255 e. The van der Waals surface area contributed by atoms with Crippen LogP contribution in [0, 0.1) is 11.6 Å². The van der Waals surface area contributed by atoms with Gasteiger partial charge in [-0.1, -0.05) is 0 Å². The van der Waals surface area contributed by atoms with Crippen molar-refractivity contribution < 1.29 is 13.6 Å². The standard InChI is InChI=1S/C13H8BrF2NO/c14-11-6-1-8(7-12(11)16)13(18)17-10-4-2-9(15)3-5-10/h1-7H,(H,17,18). The molecule has 0 aromatic heterocycles. The van der Waals surface area contributed by atoms with Crippen LogP contribution in [0.4, 0.5) is 14.5 Å². The lowest BCUT2D eigenvalue weighted by atomic mass is 10.2. The van der Waals surface area contributed by atoms with E-state index in [1.807, 2.05) is 0 Å². The van der Waals surface area contributed by atoms with E-state index in [4.69, 9.17) is 0 Å². The topological polar surface area (TPSA) is 29.1 Å². The second-order valence-electron chi connectivity index (χ2n) is 3.59. The molecular formula is C13H8BrF2NO. The molecule has 0 unspecified atom stereocenters. The van der Waals surface area contributed by atoms with Crippen molar-refractivity contribution in [2.45, 2.75) is 0 Å². The first kappa shape index (κ1) is 12.7. The van der Waals surface area contributed by atoms with Crippen LogP contribution in [0.25, 0.3) is 0 Å². The Hall–Kier alpha value is -1.75. The third-order valence-electron chi connectivity index (χ3n) is 2.28. The molecule has 0 bridgehead atoms. The summed E-state index contributed by atoms with van der Waals surface area (Å²) in [5.74, 6) is -1.35. The highest BCUT2D eigenvalue weighted by Gasteiger charge is 2.08. The summed E-state index contributed by atoms with van der Waals surface area (Å²) in [6.45, 7) is 0. The first-order chi connectivity index (χ1) is 8.56. The van der Waals surface area contributed by atoms with Gasteiger partial charge < -0.3 is 5.32 Å². The number of hydrogen-bond donors (Lipinski definition) is 1. The van der Waals surface area contributed by atoms with Crippen LogP contribution in [0.15, 0.2) is 46.9 Å². The summed E-state index contributed by atoms with van der Waals surface area (Å²) < 4.78 is 26.2. The number of nitrogens with one attached hydrogen (secondary N) is 1. The molecule has 0 aliphatic heterocycles. The van der Waals surface area contributed by atoms with Crippen molar-refractivity contribution in [2.75, 3.05) is 5.32 Å². The Balaban J connectivity index is 2.16. The van der Waals surface area contributed by atoms with Crippen molar-refractivity contribution in [2.24, 2.45) is 0 Å². The number of halogens is 3. The van der Waals surface area contributed by atoms with E-state index >= 15 is 0 Å². The normalized spacial score (nSPS) is 10.2. The number of anilines is 1. The highest BCUT2D eigenvalue weighted by Crippen LogP contribution is 2.17. The van der Waals surface area contributed by atoms with Gasteiger partial charge in [-0.05, 0) is 58.4 Å². The monoisotopic (exact) mass is 311 g/mol. The van der Waals surface area contributed by atoms with E-state index in [1.165, 1.54) is 36.4 Å². The highest BCUT2D eigenvalue weighted by atomic mass is 79.9. The molecule has 0 saturated heterocycles. The molecule has 0 atom stereocenters. The molecule has 0 heterocycles. The Bertz CT molecular complexity index is 584. The number of amides is 1. The van der Waals surface area contributed by atoms with Gasteiger partial charge in [0.25, 0.3) is 5.91 Å². The zero-order chi connectivity index (χ0) is 13.1. The van der Waals surface area contributed by atoms with Crippen molar-refractivity contribution in [1.82, 2.24) is 0 Å². The van der Waals surface area contributed by atoms with Crippen LogP contribution in [0.5, 0.6) is 0 Å². The number of benzene rings is 2. The summed E-state index contributed by atoms with van der Waals surface area (Å²) in [5, 5.41) is 2.54. The maximum atomic E-state index is 13.3. The quantitative estimate of drug-likeness (QED) is 0.893. The second-order valence-corrected chi connectivity index (χ2v) is 4.44. The Labute approximate surface area is 111 Å². The average Bonchev–Trinajstić information content (AvgIpc) is 2.35. The first-order valence-electron chi connectivity index (χ1n) is 5.08. The molecule has 0 saturated carbocycles. The van der Waals surface area contributed by atoms with Crippen molar-refractivity contribution in [3.05, 3.63) is 64.1 Å². The van der Waals surface area contributed by atoms with E-state index in [9.17, 15) is 13.6 Å². The molecule has 2 aromatic carbocycles. The molecule has 0 fully saturated rings. The van der Waals surface area contributed by atoms with E-state index in [0.29, 0.717) is 10.2 Å². The molecule has 2 aromatic rings. The fourth-order valence-electron chi connectivity index (χ4n) is 1.37. The predicted molar refractivity (Wildman–Crippen MR) is 68.5 cm³/mol. The van der Waals surface area contributed by atoms with Gasteiger partial charge in [-0.25, -0.2) is 8.78 Å².